The summed E-state index contributed by atoms with van der Waals surface area (Å²) in [6.07, 6.45) is 1.66. The van der Waals surface area contributed by atoms with Gasteiger partial charge in [-0.25, -0.2) is 0 Å². The molecule has 0 unspecified atom stereocenters. The summed E-state index contributed by atoms with van der Waals surface area (Å²) in [6, 6.07) is 9.14. The largest absolute Gasteiger partial charge is 0.373 e. The fourth-order valence-electron chi connectivity index (χ4n) is 3.03. The number of anilines is 1. The van der Waals surface area contributed by atoms with Gasteiger partial charge in [-0.2, -0.15) is 9.38 Å². The molecule has 0 bridgehead atoms. The Balaban J connectivity index is 1.53. The number of amides is 1. The van der Waals surface area contributed by atoms with Crippen LogP contribution in [0.1, 0.15) is 10.4 Å². The monoisotopic (exact) mass is 357 g/mol. The van der Waals surface area contributed by atoms with Crippen molar-refractivity contribution in [3.63, 3.8) is 0 Å². The van der Waals surface area contributed by atoms with Gasteiger partial charge < -0.3 is 19.9 Å². The third kappa shape index (κ3) is 2.72. The fraction of sp³-hybridized carbons (Fsp3) is 0.250. The smallest absolute Gasteiger partial charge is 0.358 e. The van der Waals surface area contributed by atoms with Gasteiger partial charge in [0.1, 0.15) is 6.20 Å². The minimum atomic E-state index is -0.399. The minimum Gasteiger partial charge on any atom is -0.358 e. The molecule has 0 N–H and O–H groups in total. The zero-order chi connectivity index (χ0) is 17.4. The first-order valence-corrected chi connectivity index (χ1v) is 8.72. The van der Waals surface area contributed by atoms with Gasteiger partial charge in [0.2, 0.25) is 5.82 Å². The molecule has 8 nitrogen and oxygen atoms in total. The van der Waals surface area contributed by atoms with Crippen LogP contribution in [0.4, 0.5) is 11.6 Å². The molecule has 4 rings (SSSR count). The van der Waals surface area contributed by atoms with Gasteiger partial charge in [0, 0.05) is 37.1 Å². The van der Waals surface area contributed by atoms with Crippen LogP contribution in [0, 0.1) is 10.1 Å². The van der Waals surface area contributed by atoms with E-state index in [9.17, 15) is 14.9 Å². The predicted molar refractivity (Wildman–Crippen MR) is 94.3 cm³/mol. The van der Waals surface area contributed by atoms with Crippen molar-refractivity contribution in [1.29, 1.82) is 0 Å². The van der Waals surface area contributed by atoms with Crippen LogP contribution < -0.4 is 4.90 Å². The van der Waals surface area contributed by atoms with Gasteiger partial charge in [0.25, 0.3) is 10.9 Å². The Morgan fingerprint density at radius 2 is 1.88 bits per heavy atom. The SMILES string of the molecule is O=C(c1ccccc1)N1CCN(c2nc3sccn3c2[N+](=O)[O-])CC1. The molecule has 0 aliphatic carbocycles. The van der Waals surface area contributed by atoms with Crippen molar-refractivity contribution in [2.24, 2.45) is 0 Å². The maximum atomic E-state index is 12.5. The van der Waals surface area contributed by atoms with Crippen LogP contribution in [-0.2, 0) is 0 Å². The van der Waals surface area contributed by atoms with Gasteiger partial charge in [0.15, 0.2) is 0 Å². The highest BCUT2D eigenvalue weighted by atomic mass is 32.1. The van der Waals surface area contributed by atoms with Crippen molar-refractivity contribution >= 4 is 33.8 Å². The lowest BCUT2D eigenvalue weighted by molar-refractivity contribution is -0.389. The van der Waals surface area contributed by atoms with E-state index in [0.29, 0.717) is 42.5 Å². The van der Waals surface area contributed by atoms with Crippen molar-refractivity contribution in [3.8, 4) is 0 Å². The zero-order valence-electron chi connectivity index (χ0n) is 13.2. The number of nitrogens with zero attached hydrogens (tertiary/aromatic N) is 5. The van der Waals surface area contributed by atoms with E-state index in [4.69, 9.17) is 0 Å². The van der Waals surface area contributed by atoms with Crippen molar-refractivity contribution in [1.82, 2.24) is 14.3 Å². The highest BCUT2D eigenvalue weighted by Gasteiger charge is 2.31. The lowest BCUT2D eigenvalue weighted by atomic mass is 10.2. The number of hydrogen-bond acceptors (Lipinski definition) is 6. The molecule has 1 fully saturated rings. The molecular formula is C16H15N5O3S. The lowest BCUT2D eigenvalue weighted by Gasteiger charge is -2.34. The van der Waals surface area contributed by atoms with Crippen molar-refractivity contribution in [2.75, 3.05) is 31.1 Å². The second-order valence-corrected chi connectivity index (χ2v) is 6.59. The maximum Gasteiger partial charge on any atom is 0.373 e. The van der Waals surface area contributed by atoms with E-state index in [1.807, 2.05) is 23.1 Å². The molecule has 1 aromatic carbocycles. The van der Waals surface area contributed by atoms with Crippen molar-refractivity contribution in [2.45, 2.75) is 0 Å². The Morgan fingerprint density at radius 3 is 2.56 bits per heavy atom. The number of fused-ring (bicyclic) bond motifs is 1. The molecular weight excluding hydrogens is 342 g/mol. The number of thiazole rings is 1. The zero-order valence-corrected chi connectivity index (χ0v) is 14.1. The summed E-state index contributed by atoms with van der Waals surface area (Å²) in [5.41, 5.74) is 0.657. The first-order valence-electron chi connectivity index (χ1n) is 7.84. The molecule has 0 radical (unpaired) electrons. The van der Waals surface area contributed by atoms with Gasteiger partial charge in [0.05, 0.1) is 0 Å². The number of piperazine rings is 1. The first kappa shape index (κ1) is 15.6. The lowest BCUT2D eigenvalue weighted by Crippen LogP contribution is -2.49. The van der Waals surface area contributed by atoms with E-state index >= 15 is 0 Å². The number of carbonyl (C=O) groups is 1. The first-order chi connectivity index (χ1) is 12.1. The van der Waals surface area contributed by atoms with Crippen molar-refractivity contribution in [3.05, 3.63) is 57.6 Å². The van der Waals surface area contributed by atoms with E-state index in [1.165, 1.54) is 15.7 Å². The quantitative estimate of drug-likeness (QED) is 0.530. The number of hydrogen-bond donors (Lipinski definition) is 0. The molecule has 0 spiro atoms. The van der Waals surface area contributed by atoms with E-state index in [2.05, 4.69) is 4.98 Å². The molecule has 3 heterocycles. The number of imidazole rings is 1. The summed E-state index contributed by atoms with van der Waals surface area (Å²) in [7, 11) is 0. The molecule has 0 atom stereocenters. The second kappa shape index (κ2) is 6.17. The normalized spacial score (nSPS) is 14.9. The predicted octanol–water partition coefficient (Wildman–Crippen LogP) is 2.27. The summed E-state index contributed by atoms with van der Waals surface area (Å²) >= 11 is 1.36. The molecule has 9 heteroatoms. The molecule has 1 aliphatic rings. The number of nitro groups is 1. The number of aromatic nitrogens is 2. The Morgan fingerprint density at radius 1 is 1.16 bits per heavy atom. The Hall–Kier alpha value is -2.94. The van der Waals surface area contributed by atoms with Gasteiger partial charge in [-0.1, -0.05) is 29.5 Å². The summed E-state index contributed by atoms with van der Waals surface area (Å²) < 4.78 is 1.50. The molecule has 3 aromatic rings. The van der Waals surface area contributed by atoms with Crippen LogP contribution >= 0.6 is 11.3 Å². The third-order valence-electron chi connectivity index (χ3n) is 4.28. The molecule has 1 aliphatic heterocycles. The standard InChI is InChI=1S/C16H15N5O3S/c22-15(12-4-2-1-3-5-12)19-8-6-18(7-9-19)13-14(21(23)24)20-10-11-25-16(20)17-13/h1-5,10-11H,6-9H2. The van der Waals surface area contributed by atoms with Gasteiger partial charge >= 0.3 is 5.82 Å². The summed E-state index contributed by atoms with van der Waals surface area (Å²) in [4.78, 5) is 32.2. The number of rotatable bonds is 3. The van der Waals surface area contributed by atoms with Crippen LogP contribution in [0.3, 0.4) is 0 Å². The van der Waals surface area contributed by atoms with Crippen LogP contribution in [-0.4, -0.2) is 51.3 Å². The molecule has 25 heavy (non-hydrogen) atoms. The van der Waals surface area contributed by atoms with Crippen molar-refractivity contribution < 1.29 is 9.72 Å². The van der Waals surface area contributed by atoms with E-state index in [-0.39, 0.29) is 11.7 Å². The summed E-state index contributed by atoms with van der Waals surface area (Å²) in [6.45, 7) is 2.06. The van der Waals surface area contributed by atoms with Crippen LogP contribution in [0.25, 0.3) is 4.96 Å². The maximum absolute atomic E-state index is 12.5. The summed E-state index contributed by atoms with van der Waals surface area (Å²) in [5, 5.41) is 13.2. The van der Waals surface area contributed by atoms with E-state index < -0.39 is 4.92 Å². The topological polar surface area (TPSA) is 84.0 Å². The second-order valence-electron chi connectivity index (χ2n) is 5.72. The minimum absolute atomic E-state index is 0.0134. The van der Waals surface area contributed by atoms with Crippen LogP contribution in [0.2, 0.25) is 0 Å². The Labute approximate surface area is 147 Å². The molecule has 0 saturated carbocycles. The Bertz CT molecular complexity index is 928. The number of benzene rings is 1. The van der Waals surface area contributed by atoms with Gasteiger partial charge in [-0.3, -0.25) is 4.79 Å². The molecule has 1 amide bonds. The number of carbonyl (C=O) groups excluding carboxylic acids is 1. The molecule has 1 saturated heterocycles. The average molecular weight is 357 g/mol. The Kier molecular flexibility index (Phi) is 3.85. The average Bonchev–Trinajstić information content (AvgIpc) is 3.22. The van der Waals surface area contributed by atoms with Crippen LogP contribution in [0.15, 0.2) is 41.9 Å². The summed E-state index contributed by atoms with van der Waals surface area (Å²) in [5.74, 6) is 0.350. The highest BCUT2D eigenvalue weighted by Crippen LogP contribution is 2.31. The van der Waals surface area contributed by atoms with Crippen LogP contribution in [0.5, 0.6) is 0 Å². The fourth-order valence-corrected chi connectivity index (χ4v) is 3.73. The highest BCUT2D eigenvalue weighted by molar-refractivity contribution is 7.15. The molecule has 128 valence electrons. The van der Waals surface area contributed by atoms with Gasteiger partial charge in [-0.05, 0) is 17.1 Å². The van der Waals surface area contributed by atoms with Gasteiger partial charge in [-0.15, -0.1) is 0 Å². The van der Waals surface area contributed by atoms with E-state index in [1.54, 1.807) is 28.6 Å². The third-order valence-corrected chi connectivity index (χ3v) is 5.04. The van der Waals surface area contributed by atoms with E-state index in [0.717, 1.165) is 0 Å². The molecule has 2 aromatic heterocycles.